The third kappa shape index (κ3) is 3.93. The van der Waals surface area contributed by atoms with Crippen molar-refractivity contribution >= 4 is 28.5 Å². The Hall–Kier alpha value is -3.48. The van der Waals surface area contributed by atoms with Crippen molar-refractivity contribution in [3.63, 3.8) is 0 Å². The molecule has 0 bridgehead atoms. The monoisotopic (exact) mass is 389 g/mol. The molecule has 0 aliphatic carbocycles. The minimum atomic E-state index is -3.12. The third-order valence-corrected chi connectivity index (χ3v) is 4.43. The zero-order valence-corrected chi connectivity index (χ0v) is 14.9. The number of alkyl halides is 2. The lowest BCUT2D eigenvalue weighted by molar-refractivity contribution is -0.132. The molecule has 1 saturated heterocycles. The zero-order valence-electron chi connectivity index (χ0n) is 14.9. The number of aromatic nitrogens is 1. The summed E-state index contributed by atoms with van der Waals surface area (Å²) in [7, 11) is 1.34. The lowest BCUT2D eigenvalue weighted by Crippen LogP contribution is -2.44. The summed E-state index contributed by atoms with van der Waals surface area (Å²) < 4.78 is 27.0. The van der Waals surface area contributed by atoms with Gasteiger partial charge in [0.2, 0.25) is 5.91 Å². The van der Waals surface area contributed by atoms with Crippen LogP contribution >= 0.6 is 0 Å². The summed E-state index contributed by atoms with van der Waals surface area (Å²) >= 11 is 0. The molecule has 1 aromatic heterocycles. The second-order valence-corrected chi connectivity index (χ2v) is 6.57. The molecular weight excluding hydrogens is 372 g/mol. The number of rotatable bonds is 3. The van der Waals surface area contributed by atoms with Gasteiger partial charge in [0.15, 0.2) is 0 Å². The van der Waals surface area contributed by atoms with Gasteiger partial charge in [-0.05, 0) is 24.3 Å². The first-order valence-electron chi connectivity index (χ1n) is 8.37. The van der Waals surface area contributed by atoms with E-state index in [9.17, 15) is 23.5 Å². The first kappa shape index (κ1) is 19.3. The van der Waals surface area contributed by atoms with Crippen LogP contribution in [-0.2, 0) is 4.79 Å². The number of anilines is 1. The number of halogens is 2. The SMILES string of the molecule is CN(CC(=O)N1CC(F)(F)C[C@H]1C#N)C(=O)Nc1ccnc2ccc(O)cc12. The normalized spacial score (nSPS) is 17.9. The van der Waals surface area contributed by atoms with Crippen molar-refractivity contribution in [2.45, 2.75) is 18.4 Å². The number of amides is 3. The van der Waals surface area contributed by atoms with Crippen LogP contribution in [0.2, 0.25) is 0 Å². The highest BCUT2D eigenvalue weighted by Crippen LogP contribution is 2.31. The van der Waals surface area contributed by atoms with Gasteiger partial charge < -0.3 is 20.2 Å². The van der Waals surface area contributed by atoms with Crippen LogP contribution in [0, 0.1) is 11.3 Å². The molecule has 1 aliphatic rings. The molecule has 0 radical (unpaired) electrons. The van der Waals surface area contributed by atoms with Crippen LogP contribution < -0.4 is 5.32 Å². The molecule has 1 fully saturated rings. The van der Waals surface area contributed by atoms with E-state index >= 15 is 0 Å². The number of benzene rings is 1. The van der Waals surface area contributed by atoms with E-state index in [2.05, 4.69) is 10.3 Å². The number of aromatic hydroxyl groups is 1. The van der Waals surface area contributed by atoms with Crippen molar-refractivity contribution in [2.75, 3.05) is 25.5 Å². The summed E-state index contributed by atoms with van der Waals surface area (Å²) in [5, 5.41) is 21.7. The Morgan fingerprint density at radius 1 is 1.46 bits per heavy atom. The lowest BCUT2D eigenvalue weighted by Gasteiger charge is -2.23. The molecule has 0 spiro atoms. The molecule has 146 valence electrons. The number of fused-ring (bicyclic) bond motifs is 1. The fraction of sp³-hybridized carbons (Fsp3) is 0.333. The second-order valence-electron chi connectivity index (χ2n) is 6.57. The number of likely N-dealkylation sites (N-methyl/N-ethyl adjacent to an activating group) is 1. The van der Waals surface area contributed by atoms with Gasteiger partial charge in [-0.2, -0.15) is 5.26 Å². The molecular formula is C18H17F2N5O3. The number of carbonyl (C=O) groups is 2. The van der Waals surface area contributed by atoms with E-state index in [1.165, 1.54) is 31.4 Å². The minimum absolute atomic E-state index is 0.00274. The summed E-state index contributed by atoms with van der Waals surface area (Å²) in [5.74, 6) is -3.86. The van der Waals surface area contributed by atoms with Crippen LogP contribution in [0.25, 0.3) is 10.9 Å². The molecule has 2 heterocycles. The van der Waals surface area contributed by atoms with Crippen LogP contribution in [-0.4, -0.2) is 63.9 Å². The molecule has 2 N–H and O–H groups in total. The number of carbonyl (C=O) groups excluding carboxylic acids is 2. The summed E-state index contributed by atoms with van der Waals surface area (Å²) in [6.07, 6.45) is 0.766. The molecule has 3 rings (SSSR count). The van der Waals surface area contributed by atoms with E-state index in [1.54, 1.807) is 12.1 Å². The van der Waals surface area contributed by atoms with Crippen molar-refractivity contribution in [1.82, 2.24) is 14.8 Å². The van der Waals surface area contributed by atoms with Gasteiger partial charge in [0.05, 0.1) is 23.8 Å². The molecule has 10 heteroatoms. The topological polar surface area (TPSA) is 110 Å². The summed E-state index contributed by atoms with van der Waals surface area (Å²) in [6.45, 7) is -1.30. The smallest absolute Gasteiger partial charge is 0.322 e. The van der Waals surface area contributed by atoms with Crippen LogP contribution in [0.1, 0.15) is 6.42 Å². The Morgan fingerprint density at radius 3 is 2.93 bits per heavy atom. The second kappa shape index (κ2) is 7.26. The summed E-state index contributed by atoms with van der Waals surface area (Å²) in [5.41, 5.74) is 0.915. The van der Waals surface area contributed by atoms with Crippen molar-refractivity contribution in [3.05, 3.63) is 30.5 Å². The summed E-state index contributed by atoms with van der Waals surface area (Å²) in [6, 6.07) is 5.84. The number of hydrogen-bond donors (Lipinski definition) is 2. The van der Waals surface area contributed by atoms with Gasteiger partial charge in [-0.25, -0.2) is 13.6 Å². The van der Waals surface area contributed by atoms with E-state index < -0.39 is 43.4 Å². The van der Waals surface area contributed by atoms with Crippen molar-refractivity contribution in [1.29, 1.82) is 5.26 Å². The van der Waals surface area contributed by atoms with Gasteiger partial charge in [0, 0.05) is 25.1 Å². The van der Waals surface area contributed by atoms with Crippen molar-refractivity contribution < 1.29 is 23.5 Å². The van der Waals surface area contributed by atoms with Gasteiger partial charge in [0.25, 0.3) is 5.92 Å². The molecule has 0 saturated carbocycles. The standard InChI is InChI=1S/C18H17F2N5O3/c1-24(9-16(27)25-10-18(19,20)7-11(25)8-21)17(28)23-15-4-5-22-14-3-2-12(26)6-13(14)15/h2-6,11,26H,7,9-10H2,1H3,(H,22,23,28)/t11-/m0/s1. The first-order chi connectivity index (χ1) is 13.2. The van der Waals surface area contributed by atoms with E-state index in [-0.39, 0.29) is 5.75 Å². The largest absolute Gasteiger partial charge is 0.508 e. The van der Waals surface area contributed by atoms with E-state index in [0.717, 1.165) is 9.80 Å². The minimum Gasteiger partial charge on any atom is -0.508 e. The van der Waals surface area contributed by atoms with Gasteiger partial charge >= 0.3 is 6.03 Å². The lowest BCUT2D eigenvalue weighted by atomic mass is 10.2. The van der Waals surface area contributed by atoms with Crippen LogP contribution in [0.15, 0.2) is 30.5 Å². The maximum absolute atomic E-state index is 13.5. The van der Waals surface area contributed by atoms with Gasteiger partial charge in [-0.15, -0.1) is 0 Å². The molecule has 3 amide bonds. The highest BCUT2D eigenvalue weighted by atomic mass is 19.3. The molecule has 1 aliphatic heterocycles. The Bertz CT molecular complexity index is 975. The number of nitrogens with zero attached hydrogens (tertiary/aromatic N) is 4. The number of phenolic OH excluding ortho intramolecular Hbond substituents is 1. The Morgan fingerprint density at radius 2 is 2.21 bits per heavy atom. The number of nitrogens with one attached hydrogen (secondary N) is 1. The maximum Gasteiger partial charge on any atom is 0.322 e. The molecule has 1 aromatic carbocycles. The third-order valence-electron chi connectivity index (χ3n) is 4.43. The highest BCUT2D eigenvalue weighted by Gasteiger charge is 2.47. The fourth-order valence-electron chi connectivity index (χ4n) is 3.01. The maximum atomic E-state index is 13.5. The number of nitriles is 1. The van der Waals surface area contributed by atoms with Crippen molar-refractivity contribution in [2.24, 2.45) is 0 Å². The number of pyridine rings is 1. The van der Waals surface area contributed by atoms with Crippen LogP contribution in [0.4, 0.5) is 19.3 Å². The average molecular weight is 389 g/mol. The Balaban J connectivity index is 1.70. The molecule has 1 atom stereocenters. The van der Waals surface area contributed by atoms with Gasteiger partial charge in [0.1, 0.15) is 18.3 Å². The quantitative estimate of drug-likeness (QED) is 0.836. The molecule has 2 aromatic rings. The van der Waals surface area contributed by atoms with E-state index in [4.69, 9.17) is 5.26 Å². The number of hydrogen-bond acceptors (Lipinski definition) is 5. The highest BCUT2D eigenvalue weighted by molar-refractivity contribution is 6.01. The predicted octanol–water partition coefficient (Wildman–Crippen LogP) is 2.16. The Kier molecular flexibility index (Phi) is 5.00. The predicted molar refractivity (Wildman–Crippen MR) is 95.7 cm³/mol. The summed E-state index contributed by atoms with van der Waals surface area (Å²) in [4.78, 5) is 30.7. The van der Waals surface area contributed by atoms with E-state index in [1.807, 2.05) is 0 Å². The van der Waals surface area contributed by atoms with Crippen LogP contribution in [0.3, 0.4) is 0 Å². The number of urea groups is 1. The van der Waals surface area contributed by atoms with Crippen molar-refractivity contribution in [3.8, 4) is 11.8 Å². The van der Waals surface area contributed by atoms with Crippen LogP contribution in [0.5, 0.6) is 5.75 Å². The molecule has 0 unspecified atom stereocenters. The number of likely N-dealkylation sites (tertiary alicyclic amines) is 1. The first-order valence-corrected chi connectivity index (χ1v) is 8.37. The van der Waals surface area contributed by atoms with E-state index in [0.29, 0.717) is 16.6 Å². The van der Waals surface area contributed by atoms with Gasteiger partial charge in [-0.3, -0.25) is 9.78 Å². The average Bonchev–Trinajstić information content (AvgIpc) is 2.97. The zero-order chi connectivity index (χ0) is 20.5. The number of phenols is 1. The fourth-order valence-corrected chi connectivity index (χ4v) is 3.01. The van der Waals surface area contributed by atoms with Gasteiger partial charge in [-0.1, -0.05) is 0 Å². The molecule has 8 nitrogen and oxygen atoms in total. The molecule has 28 heavy (non-hydrogen) atoms. The Labute approximate surface area is 159 Å².